The lowest BCUT2D eigenvalue weighted by atomic mass is 10.4. The molecule has 0 saturated carbocycles. The van der Waals surface area contributed by atoms with Gasteiger partial charge in [-0.1, -0.05) is 0 Å². The maximum atomic E-state index is 12.1. The summed E-state index contributed by atoms with van der Waals surface area (Å²) in [5.74, 6) is 0.0817. The van der Waals surface area contributed by atoms with Gasteiger partial charge in [0.15, 0.2) is 5.69 Å². The highest BCUT2D eigenvalue weighted by atomic mass is 19.4. The summed E-state index contributed by atoms with van der Waals surface area (Å²) >= 11 is 0. The quantitative estimate of drug-likeness (QED) is 0.773. The highest BCUT2D eigenvalue weighted by Gasteiger charge is 2.32. The average Bonchev–Trinajstić information content (AvgIpc) is 2.18. The fourth-order valence-corrected chi connectivity index (χ4v) is 0.806. The second kappa shape index (κ2) is 4.92. The van der Waals surface area contributed by atoms with E-state index in [0.717, 1.165) is 12.1 Å². The predicted octanol–water partition coefficient (Wildman–Crippen LogP) is 1.09. The van der Waals surface area contributed by atoms with E-state index in [0.29, 0.717) is 13.2 Å². The van der Waals surface area contributed by atoms with E-state index in [9.17, 15) is 13.2 Å². The molecular weight excluding hydrogens is 211 g/mol. The van der Waals surface area contributed by atoms with Crippen LogP contribution in [0.3, 0.4) is 0 Å². The molecule has 15 heavy (non-hydrogen) atoms. The first-order valence-electron chi connectivity index (χ1n) is 4.22. The second-order valence-electron chi connectivity index (χ2n) is 2.71. The molecule has 0 amide bonds. The van der Waals surface area contributed by atoms with Gasteiger partial charge in [0.25, 0.3) is 0 Å². The Morgan fingerprint density at radius 2 is 2.07 bits per heavy atom. The third-order valence-corrected chi connectivity index (χ3v) is 1.53. The number of halogens is 3. The first-order chi connectivity index (χ1) is 7.04. The van der Waals surface area contributed by atoms with Crippen LogP contribution in [0.2, 0.25) is 0 Å². The second-order valence-corrected chi connectivity index (χ2v) is 2.71. The van der Waals surface area contributed by atoms with E-state index in [4.69, 9.17) is 4.74 Å². The lowest BCUT2D eigenvalue weighted by Gasteiger charge is -2.06. The van der Waals surface area contributed by atoms with Gasteiger partial charge in [-0.15, -0.1) is 10.2 Å². The monoisotopic (exact) mass is 221 g/mol. The molecule has 0 aliphatic heterocycles. The smallest absolute Gasteiger partial charge is 0.435 e. The highest BCUT2D eigenvalue weighted by molar-refractivity contribution is 5.13. The normalized spacial score (nSPS) is 11.5. The van der Waals surface area contributed by atoms with Crippen molar-refractivity contribution in [1.29, 1.82) is 0 Å². The summed E-state index contributed by atoms with van der Waals surface area (Å²) in [6, 6.07) is 1.98. The number of ether oxygens (including phenoxy) is 1. The summed E-state index contributed by atoms with van der Waals surface area (Å²) in [5, 5.41) is 9.13. The molecule has 0 fully saturated rings. The Bertz CT molecular complexity index is 299. The van der Waals surface area contributed by atoms with Crippen molar-refractivity contribution in [2.24, 2.45) is 0 Å². The van der Waals surface area contributed by atoms with Gasteiger partial charge in [-0.05, 0) is 13.1 Å². The molecule has 0 atom stereocenters. The Hall–Kier alpha value is -1.37. The van der Waals surface area contributed by atoms with Crippen molar-refractivity contribution in [3.8, 4) is 5.88 Å². The maximum absolute atomic E-state index is 12.1. The molecule has 4 nitrogen and oxygen atoms in total. The molecule has 0 radical (unpaired) electrons. The summed E-state index contributed by atoms with van der Waals surface area (Å²) in [5.41, 5.74) is -1.02. The first kappa shape index (κ1) is 11.7. The zero-order valence-corrected chi connectivity index (χ0v) is 8.01. The van der Waals surface area contributed by atoms with Gasteiger partial charge in [-0.3, -0.25) is 0 Å². The molecule has 0 unspecified atom stereocenters. The fraction of sp³-hybridized carbons (Fsp3) is 0.500. The molecule has 0 spiro atoms. The molecule has 1 heterocycles. The molecule has 0 aromatic carbocycles. The van der Waals surface area contributed by atoms with Gasteiger partial charge in [-0.2, -0.15) is 13.2 Å². The van der Waals surface area contributed by atoms with Crippen LogP contribution in [0.1, 0.15) is 5.69 Å². The molecule has 7 heteroatoms. The molecule has 84 valence electrons. The predicted molar refractivity (Wildman–Crippen MR) is 46.5 cm³/mol. The number of alkyl halides is 3. The van der Waals surface area contributed by atoms with E-state index in [1.165, 1.54) is 0 Å². The number of hydrogen-bond acceptors (Lipinski definition) is 4. The molecule has 1 rings (SSSR count). The molecule has 0 aliphatic rings. The van der Waals surface area contributed by atoms with Gasteiger partial charge in [0.2, 0.25) is 5.88 Å². The topological polar surface area (TPSA) is 47.0 Å². The minimum absolute atomic E-state index is 0.0817. The van der Waals surface area contributed by atoms with E-state index >= 15 is 0 Å². The lowest BCUT2D eigenvalue weighted by molar-refractivity contribution is -0.141. The van der Waals surface area contributed by atoms with E-state index in [-0.39, 0.29) is 5.88 Å². The van der Waals surface area contributed by atoms with Crippen LogP contribution < -0.4 is 10.1 Å². The van der Waals surface area contributed by atoms with Crippen LogP contribution >= 0.6 is 0 Å². The Balaban J connectivity index is 2.57. The molecule has 1 aromatic heterocycles. The van der Waals surface area contributed by atoms with E-state index in [1.54, 1.807) is 7.05 Å². The van der Waals surface area contributed by atoms with E-state index in [1.807, 2.05) is 0 Å². The number of aromatic nitrogens is 2. The zero-order valence-electron chi connectivity index (χ0n) is 8.01. The summed E-state index contributed by atoms with van der Waals surface area (Å²) in [4.78, 5) is 0. The Morgan fingerprint density at radius 3 is 2.53 bits per heavy atom. The molecular formula is C8H10F3N3O. The largest absolute Gasteiger partial charge is 0.475 e. The van der Waals surface area contributed by atoms with E-state index < -0.39 is 11.9 Å². The number of rotatable bonds is 4. The average molecular weight is 221 g/mol. The molecule has 0 saturated heterocycles. The van der Waals surface area contributed by atoms with Gasteiger partial charge in [0.1, 0.15) is 6.61 Å². The number of nitrogens with zero attached hydrogens (tertiary/aromatic N) is 2. The fourth-order valence-electron chi connectivity index (χ4n) is 0.806. The van der Waals surface area contributed by atoms with Crippen LogP contribution in [0.25, 0.3) is 0 Å². The molecule has 0 aliphatic carbocycles. The van der Waals surface area contributed by atoms with Gasteiger partial charge >= 0.3 is 6.18 Å². The Kier molecular flexibility index (Phi) is 3.84. The Morgan fingerprint density at radius 1 is 1.33 bits per heavy atom. The van der Waals surface area contributed by atoms with Crippen molar-refractivity contribution in [3.63, 3.8) is 0 Å². The SMILES string of the molecule is CNCCOc1ccc(C(F)(F)F)nn1. The number of nitrogens with one attached hydrogen (secondary N) is 1. The lowest BCUT2D eigenvalue weighted by Crippen LogP contribution is -2.17. The van der Waals surface area contributed by atoms with Gasteiger partial charge in [0, 0.05) is 12.6 Å². The highest BCUT2D eigenvalue weighted by Crippen LogP contribution is 2.27. The van der Waals surface area contributed by atoms with Crippen LogP contribution in [-0.2, 0) is 6.18 Å². The standard InChI is InChI=1S/C8H10F3N3O/c1-12-4-5-15-7-3-2-6(13-14-7)8(9,10)11/h2-3,12H,4-5H2,1H3. The molecule has 1 aromatic rings. The van der Waals surface area contributed by atoms with Gasteiger partial charge in [0.05, 0.1) is 0 Å². The van der Waals surface area contributed by atoms with Gasteiger partial charge < -0.3 is 10.1 Å². The number of hydrogen-bond donors (Lipinski definition) is 1. The molecule has 0 bridgehead atoms. The number of likely N-dealkylation sites (N-methyl/N-ethyl adjacent to an activating group) is 1. The summed E-state index contributed by atoms with van der Waals surface area (Å²) in [6.45, 7) is 0.916. The third kappa shape index (κ3) is 3.70. The van der Waals surface area contributed by atoms with Crippen molar-refractivity contribution in [2.45, 2.75) is 6.18 Å². The van der Waals surface area contributed by atoms with Crippen LogP contribution in [0, 0.1) is 0 Å². The zero-order chi connectivity index (χ0) is 11.3. The van der Waals surface area contributed by atoms with Crippen molar-refractivity contribution < 1.29 is 17.9 Å². The summed E-state index contributed by atoms with van der Waals surface area (Å²) in [7, 11) is 1.74. The van der Waals surface area contributed by atoms with Crippen LogP contribution in [-0.4, -0.2) is 30.4 Å². The minimum Gasteiger partial charge on any atom is -0.475 e. The minimum atomic E-state index is -4.46. The van der Waals surface area contributed by atoms with E-state index in [2.05, 4.69) is 15.5 Å². The first-order valence-corrected chi connectivity index (χ1v) is 4.22. The van der Waals surface area contributed by atoms with Crippen molar-refractivity contribution in [1.82, 2.24) is 15.5 Å². The van der Waals surface area contributed by atoms with Crippen LogP contribution in [0.4, 0.5) is 13.2 Å². The van der Waals surface area contributed by atoms with Gasteiger partial charge in [-0.25, -0.2) is 0 Å². The summed E-state index contributed by atoms with van der Waals surface area (Å²) in [6.07, 6.45) is -4.46. The van der Waals surface area contributed by atoms with Crippen molar-refractivity contribution >= 4 is 0 Å². The summed E-state index contributed by atoms with van der Waals surface area (Å²) < 4.78 is 41.2. The van der Waals surface area contributed by atoms with Crippen molar-refractivity contribution in [2.75, 3.05) is 20.2 Å². The van der Waals surface area contributed by atoms with Crippen LogP contribution in [0.5, 0.6) is 5.88 Å². The Labute approximate surface area is 84.5 Å². The third-order valence-electron chi connectivity index (χ3n) is 1.53. The maximum Gasteiger partial charge on any atom is 0.435 e. The molecule has 1 N–H and O–H groups in total. The van der Waals surface area contributed by atoms with Crippen LogP contribution in [0.15, 0.2) is 12.1 Å². The van der Waals surface area contributed by atoms with Crippen molar-refractivity contribution in [3.05, 3.63) is 17.8 Å².